The molecule has 0 bridgehead atoms. The highest BCUT2D eigenvalue weighted by Gasteiger charge is 2.10. The number of benzene rings is 2. The monoisotopic (exact) mass is 335 g/mol. The van der Waals surface area contributed by atoms with Crippen LogP contribution in [0.4, 0.5) is 11.4 Å². The summed E-state index contributed by atoms with van der Waals surface area (Å²) in [6.45, 7) is 1.71. The van der Waals surface area contributed by atoms with Gasteiger partial charge >= 0.3 is 0 Å². The number of aromatic nitrogens is 1. The third kappa shape index (κ3) is 3.58. The number of nitro groups is 1. The molecule has 0 saturated heterocycles. The Labute approximate surface area is 145 Å². The van der Waals surface area contributed by atoms with Crippen LogP contribution in [0.5, 0.6) is 5.75 Å². The fourth-order valence-corrected chi connectivity index (χ4v) is 2.49. The fourth-order valence-electron chi connectivity index (χ4n) is 2.49. The van der Waals surface area contributed by atoms with E-state index in [-0.39, 0.29) is 5.69 Å². The van der Waals surface area contributed by atoms with E-state index in [0.717, 1.165) is 17.1 Å². The molecule has 0 spiro atoms. The lowest BCUT2D eigenvalue weighted by molar-refractivity contribution is -0.385. The molecule has 6 nitrogen and oxygen atoms in total. The van der Waals surface area contributed by atoms with E-state index in [1.165, 1.54) is 6.07 Å². The predicted molar refractivity (Wildman–Crippen MR) is 97.4 cm³/mol. The number of methoxy groups -OCH3 is 1. The molecule has 0 radical (unpaired) electrons. The summed E-state index contributed by atoms with van der Waals surface area (Å²) in [5.41, 5.74) is 3.07. The van der Waals surface area contributed by atoms with Crippen molar-refractivity contribution < 1.29 is 9.66 Å². The molecule has 0 N–H and O–H groups in total. The molecule has 0 aliphatic carbocycles. The number of aryl methyl sites for hydroxylation is 1. The maximum atomic E-state index is 11.0. The van der Waals surface area contributed by atoms with Crippen molar-refractivity contribution in [1.29, 1.82) is 0 Å². The van der Waals surface area contributed by atoms with E-state index in [2.05, 4.69) is 4.99 Å². The van der Waals surface area contributed by atoms with E-state index in [1.54, 1.807) is 32.4 Å². The molecular formula is C19H17N3O3. The Bertz CT molecular complexity index is 927. The first-order valence-electron chi connectivity index (χ1n) is 7.69. The number of hydrogen-bond donors (Lipinski definition) is 0. The van der Waals surface area contributed by atoms with Gasteiger partial charge in [-0.15, -0.1) is 0 Å². The van der Waals surface area contributed by atoms with Crippen molar-refractivity contribution in [3.63, 3.8) is 0 Å². The topological polar surface area (TPSA) is 69.7 Å². The largest absolute Gasteiger partial charge is 0.497 e. The zero-order chi connectivity index (χ0) is 17.8. The minimum Gasteiger partial charge on any atom is -0.497 e. The lowest BCUT2D eigenvalue weighted by Crippen LogP contribution is -1.97. The molecule has 6 heteroatoms. The van der Waals surface area contributed by atoms with E-state index in [9.17, 15) is 10.1 Å². The Hall–Kier alpha value is -3.41. The number of ether oxygens (including phenoxy) is 1. The van der Waals surface area contributed by atoms with Gasteiger partial charge in [0.25, 0.3) is 5.69 Å². The first-order valence-corrected chi connectivity index (χ1v) is 7.69. The minimum atomic E-state index is -0.394. The first-order chi connectivity index (χ1) is 12.1. The van der Waals surface area contributed by atoms with Crippen LogP contribution < -0.4 is 4.74 Å². The Morgan fingerprint density at radius 2 is 1.92 bits per heavy atom. The number of nitrogens with zero attached hydrogens (tertiary/aromatic N) is 3. The molecule has 0 saturated carbocycles. The summed E-state index contributed by atoms with van der Waals surface area (Å²) in [7, 11) is 1.63. The molecule has 1 heterocycles. The Morgan fingerprint density at radius 3 is 2.60 bits per heavy atom. The van der Waals surface area contributed by atoms with Gasteiger partial charge in [-0.25, -0.2) is 0 Å². The van der Waals surface area contributed by atoms with Crippen LogP contribution in [0.3, 0.4) is 0 Å². The highest BCUT2D eigenvalue weighted by Crippen LogP contribution is 2.24. The fraction of sp³-hybridized carbons (Fsp3) is 0.105. The van der Waals surface area contributed by atoms with Crippen molar-refractivity contribution in [2.24, 2.45) is 4.99 Å². The molecule has 126 valence electrons. The summed E-state index contributed by atoms with van der Waals surface area (Å²) in [6.07, 6.45) is 3.62. The third-order valence-corrected chi connectivity index (χ3v) is 3.87. The van der Waals surface area contributed by atoms with E-state index < -0.39 is 4.92 Å². The molecular weight excluding hydrogens is 318 g/mol. The van der Waals surface area contributed by atoms with Crippen molar-refractivity contribution in [2.45, 2.75) is 6.92 Å². The molecule has 3 aromatic rings. The molecule has 0 fully saturated rings. The van der Waals surface area contributed by atoms with Crippen LogP contribution in [-0.4, -0.2) is 22.8 Å². The van der Waals surface area contributed by atoms with Crippen molar-refractivity contribution in [3.8, 4) is 11.4 Å². The summed E-state index contributed by atoms with van der Waals surface area (Å²) < 4.78 is 7.15. The number of aliphatic imine (C=N–C) groups is 1. The van der Waals surface area contributed by atoms with Crippen molar-refractivity contribution in [1.82, 2.24) is 4.57 Å². The zero-order valence-corrected chi connectivity index (χ0v) is 13.9. The van der Waals surface area contributed by atoms with E-state index in [1.807, 2.05) is 47.2 Å². The molecule has 25 heavy (non-hydrogen) atoms. The maximum absolute atomic E-state index is 11.0. The zero-order valence-electron chi connectivity index (χ0n) is 13.9. The van der Waals surface area contributed by atoms with Crippen LogP contribution in [-0.2, 0) is 0 Å². The summed E-state index contributed by atoms with van der Waals surface area (Å²) in [5, 5.41) is 11.0. The summed E-state index contributed by atoms with van der Waals surface area (Å²) in [4.78, 5) is 15.0. The first kappa shape index (κ1) is 16.4. The highest BCUT2D eigenvalue weighted by atomic mass is 16.6. The second kappa shape index (κ2) is 7.00. The van der Waals surface area contributed by atoms with Gasteiger partial charge in [-0.3, -0.25) is 15.1 Å². The van der Waals surface area contributed by atoms with Gasteiger partial charge in [0.1, 0.15) is 5.75 Å². The average Bonchev–Trinajstić information content (AvgIpc) is 3.09. The van der Waals surface area contributed by atoms with Gasteiger partial charge in [0.05, 0.1) is 29.6 Å². The van der Waals surface area contributed by atoms with Crippen LogP contribution >= 0.6 is 0 Å². The summed E-state index contributed by atoms with van der Waals surface area (Å²) in [5.74, 6) is 0.790. The van der Waals surface area contributed by atoms with Gasteiger partial charge in [0, 0.05) is 23.5 Å². The predicted octanol–water partition coefficient (Wildman–Crippen LogP) is 4.45. The van der Waals surface area contributed by atoms with Crippen molar-refractivity contribution in [3.05, 3.63) is 82.2 Å². The average molecular weight is 335 g/mol. The quantitative estimate of drug-likeness (QED) is 0.393. The van der Waals surface area contributed by atoms with Gasteiger partial charge < -0.3 is 9.30 Å². The standard InChI is InChI=1S/C19H17N3O3/c1-14-5-6-15(12-19(14)22(23)24)20-13-17-4-3-11-21(17)16-7-9-18(25-2)10-8-16/h3-13H,1-2H3. The van der Waals surface area contributed by atoms with Crippen LogP contribution in [0.15, 0.2) is 65.8 Å². The van der Waals surface area contributed by atoms with Crippen molar-refractivity contribution >= 4 is 17.6 Å². The van der Waals surface area contributed by atoms with Crippen LogP contribution in [0.1, 0.15) is 11.3 Å². The van der Waals surface area contributed by atoms with E-state index >= 15 is 0 Å². The lowest BCUT2D eigenvalue weighted by atomic mass is 10.2. The maximum Gasteiger partial charge on any atom is 0.274 e. The smallest absolute Gasteiger partial charge is 0.274 e. The van der Waals surface area contributed by atoms with Crippen molar-refractivity contribution in [2.75, 3.05) is 7.11 Å². The number of nitro benzene ring substituents is 1. The van der Waals surface area contributed by atoms with E-state index in [0.29, 0.717) is 11.3 Å². The molecule has 0 unspecified atom stereocenters. The Balaban J connectivity index is 1.89. The SMILES string of the molecule is COc1ccc(-n2cccc2C=Nc2ccc(C)c([N+](=O)[O-])c2)cc1. The van der Waals surface area contributed by atoms with Crippen LogP contribution in [0.25, 0.3) is 5.69 Å². The third-order valence-electron chi connectivity index (χ3n) is 3.87. The minimum absolute atomic E-state index is 0.0696. The van der Waals surface area contributed by atoms with Crippen LogP contribution in [0.2, 0.25) is 0 Å². The normalized spacial score (nSPS) is 11.0. The second-order valence-electron chi connectivity index (χ2n) is 5.49. The summed E-state index contributed by atoms with van der Waals surface area (Å²) in [6, 6.07) is 16.5. The molecule has 0 aliphatic rings. The molecule has 3 rings (SSSR count). The van der Waals surface area contributed by atoms with Gasteiger partial charge in [-0.05, 0) is 49.4 Å². The number of hydrogen-bond acceptors (Lipinski definition) is 4. The van der Waals surface area contributed by atoms with Gasteiger partial charge in [0.2, 0.25) is 0 Å². The second-order valence-corrected chi connectivity index (χ2v) is 5.49. The highest BCUT2D eigenvalue weighted by molar-refractivity contribution is 5.81. The lowest BCUT2D eigenvalue weighted by Gasteiger charge is -2.07. The van der Waals surface area contributed by atoms with E-state index in [4.69, 9.17) is 4.74 Å². The van der Waals surface area contributed by atoms with Gasteiger partial charge in [0.15, 0.2) is 0 Å². The molecule has 2 aromatic carbocycles. The molecule has 1 aromatic heterocycles. The summed E-state index contributed by atoms with van der Waals surface area (Å²) >= 11 is 0. The number of rotatable bonds is 5. The van der Waals surface area contributed by atoms with Crippen LogP contribution in [0, 0.1) is 17.0 Å². The van der Waals surface area contributed by atoms with Gasteiger partial charge in [-0.1, -0.05) is 6.07 Å². The Kier molecular flexibility index (Phi) is 4.61. The Morgan fingerprint density at radius 1 is 1.16 bits per heavy atom. The molecule has 0 aliphatic heterocycles. The molecule has 0 atom stereocenters. The molecule has 0 amide bonds. The van der Waals surface area contributed by atoms with Gasteiger partial charge in [-0.2, -0.15) is 0 Å².